The van der Waals surface area contributed by atoms with Crippen LogP contribution in [0.1, 0.15) is 15.9 Å². The number of benzene rings is 1. The average Bonchev–Trinajstić information content (AvgIpc) is 2.48. The summed E-state index contributed by atoms with van der Waals surface area (Å²) >= 11 is 0. The average molecular weight is 278 g/mol. The third-order valence-electron chi connectivity index (χ3n) is 3.41. The highest BCUT2D eigenvalue weighted by Crippen LogP contribution is 2.24. The minimum atomic E-state index is -0.666. The minimum Gasteiger partial charge on any atom is -0.507 e. The van der Waals surface area contributed by atoms with Crippen LogP contribution in [0.25, 0.3) is 0 Å². The molecule has 0 aliphatic carbocycles. The summed E-state index contributed by atoms with van der Waals surface area (Å²) in [5.41, 5.74) is 0.835. The maximum absolute atomic E-state index is 12.5. The molecule has 0 aromatic heterocycles. The fraction of sp³-hybridized carbons (Fsp3) is 0.429. The summed E-state index contributed by atoms with van der Waals surface area (Å²) in [4.78, 5) is 25.8. The first-order chi connectivity index (χ1) is 9.56. The van der Waals surface area contributed by atoms with Gasteiger partial charge >= 0.3 is 0 Å². The fourth-order valence-corrected chi connectivity index (χ4v) is 2.22. The molecular formula is C14H18N2O4. The van der Waals surface area contributed by atoms with Crippen LogP contribution in [0.2, 0.25) is 0 Å². The number of nitrogens with zero attached hydrogens (tertiary/aromatic N) is 1. The molecule has 1 saturated heterocycles. The summed E-state index contributed by atoms with van der Waals surface area (Å²) in [5.74, 6) is -0.673. The summed E-state index contributed by atoms with van der Waals surface area (Å²) in [6.07, 6.45) is 0. The number of aromatic hydroxyl groups is 1. The van der Waals surface area contributed by atoms with Crippen LogP contribution < -0.4 is 5.32 Å². The number of carbonyl (C=O) groups is 2. The fourth-order valence-electron chi connectivity index (χ4n) is 2.22. The summed E-state index contributed by atoms with van der Waals surface area (Å²) in [6.45, 7) is 2.59. The number of phenolic OH excluding ortho intramolecular Hbond substituents is 1. The lowest BCUT2D eigenvalue weighted by Crippen LogP contribution is -2.55. The molecule has 2 N–H and O–H groups in total. The first kappa shape index (κ1) is 14.3. The number of nitrogens with one attached hydrogen (secondary N) is 1. The Bertz CT molecular complexity index is 530. The number of para-hydroxylation sites is 1. The van der Waals surface area contributed by atoms with Crippen molar-refractivity contribution in [2.24, 2.45) is 0 Å². The van der Waals surface area contributed by atoms with E-state index in [9.17, 15) is 14.7 Å². The first-order valence-corrected chi connectivity index (χ1v) is 6.45. The number of ether oxygens (including phenoxy) is 1. The van der Waals surface area contributed by atoms with Gasteiger partial charge in [0.05, 0.1) is 18.8 Å². The summed E-state index contributed by atoms with van der Waals surface area (Å²) in [5, 5.41) is 12.5. The number of phenols is 1. The Labute approximate surface area is 117 Å². The minimum absolute atomic E-state index is 0.0420. The first-order valence-electron chi connectivity index (χ1n) is 6.45. The molecule has 6 nitrogen and oxygen atoms in total. The van der Waals surface area contributed by atoms with Crippen LogP contribution in [0.15, 0.2) is 18.2 Å². The van der Waals surface area contributed by atoms with Crippen LogP contribution in [0.4, 0.5) is 0 Å². The number of hydrogen-bond donors (Lipinski definition) is 2. The van der Waals surface area contributed by atoms with Gasteiger partial charge in [-0.3, -0.25) is 9.59 Å². The lowest BCUT2D eigenvalue weighted by molar-refractivity contribution is -0.130. The van der Waals surface area contributed by atoms with Crippen LogP contribution in [0.5, 0.6) is 5.75 Å². The van der Waals surface area contributed by atoms with Gasteiger partial charge in [0, 0.05) is 13.6 Å². The Hall–Kier alpha value is -2.08. The molecular weight excluding hydrogens is 260 g/mol. The number of rotatable bonds is 2. The predicted molar refractivity (Wildman–Crippen MR) is 72.6 cm³/mol. The third-order valence-corrected chi connectivity index (χ3v) is 3.41. The van der Waals surface area contributed by atoms with Crippen molar-refractivity contribution in [3.05, 3.63) is 29.3 Å². The summed E-state index contributed by atoms with van der Waals surface area (Å²) in [6, 6.07) is 4.32. The Morgan fingerprint density at radius 1 is 1.45 bits per heavy atom. The molecule has 1 aromatic rings. The van der Waals surface area contributed by atoms with Gasteiger partial charge in [-0.1, -0.05) is 12.1 Å². The van der Waals surface area contributed by atoms with E-state index in [0.717, 1.165) is 0 Å². The number of carbonyl (C=O) groups excluding carboxylic acids is 2. The zero-order valence-electron chi connectivity index (χ0n) is 11.5. The van der Waals surface area contributed by atoms with Crippen molar-refractivity contribution in [1.82, 2.24) is 10.2 Å². The van der Waals surface area contributed by atoms with E-state index in [1.165, 1.54) is 11.9 Å². The molecule has 1 heterocycles. The number of likely N-dealkylation sites (N-methyl/N-ethyl adjacent to an activating group) is 1. The highest BCUT2D eigenvalue weighted by molar-refractivity contribution is 6.00. The van der Waals surface area contributed by atoms with Crippen LogP contribution in [-0.2, 0) is 9.53 Å². The molecule has 1 fully saturated rings. The van der Waals surface area contributed by atoms with Gasteiger partial charge < -0.3 is 20.1 Å². The van der Waals surface area contributed by atoms with Gasteiger partial charge in [0.1, 0.15) is 11.8 Å². The van der Waals surface area contributed by atoms with Crippen molar-refractivity contribution in [3.63, 3.8) is 0 Å². The van der Waals surface area contributed by atoms with Gasteiger partial charge in [-0.05, 0) is 18.6 Å². The Kier molecular flexibility index (Phi) is 4.24. The van der Waals surface area contributed by atoms with Crippen LogP contribution in [-0.4, -0.2) is 54.7 Å². The topological polar surface area (TPSA) is 78.9 Å². The lowest BCUT2D eigenvalue weighted by atomic mass is 10.1. The van der Waals surface area contributed by atoms with E-state index in [-0.39, 0.29) is 29.7 Å². The highest BCUT2D eigenvalue weighted by atomic mass is 16.5. The number of aryl methyl sites for hydroxylation is 1. The lowest BCUT2D eigenvalue weighted by Gasteiger charge is -2.34. The summed E-state index contributed by atoms with van der Waals surface area (Å²) < 4.78 is 5.26. The molecule has 0 saturated carbocycles. The monoisotopic (exact) mass is 278 g/mol. The predicted octanol–water partition coefficient (Wildman–Crippen LogP) is 0.288. The molecule has 2 amide bonds. The SMILES string of the molecule is CNC(=O)C1COCCN1C(=O)c1cccc(C)c1O. The molecule has 20 heavy (non-hydrogen) atoms. The standard InChI is InChI=1S/C14H18N2O4/c1-9-4-3-5-10(12(9)17)14(19)16-6-7-20-8-11(16)13(18)15-2/h3-5,11,17H,6-8H2,1-2H3,(H,15,18). The molecule has 1 aromatic carbocycles. The molecule has 1 aliphatic heterocycles. The second-order valence-corrected chi connectivity index (χ2v) is 4.67. The van der Waals surface area contributed by atoms with E-state index >= 15 is 0 Å². The van der Waals surface area contributed by atoms with Gasteiger partial charge in [0.25, 0.3) is 5.91 Å². The normalized spacial score (nSPS) is 18.7. The van der Waals surface area contributed by atoms with Gasteiger partial charge in [-0.15, -0.1) is 0 Å². The van der Waals surface area contributed by atoms with E-state index in [1.807, 2.05) is 0 Å². The smallest absolute Gasteiger partial charge is 0.258 e. The zero-order chi connectivity index (χ0) is 14.7. The van der Waals surface area contributed by atoms with E-state index in [1.54, 1.807) is 25.1 Å². The summed E-state index contributed by atoms with van der Waals surface area (Å²) in [7, 11) is 1.52. The van der Waals surface area contributed by atoms with Crippen LogP contribution >= 0.6 is 0 Å². The van der Waals surface area contributed by atoms with Crippen molar-refractivity contribution in [3.8, 4) is 5.75 Å². The quantitative estimate of drug-likeness (QED) is 0.815. The van der Waals surface area contributed by atoms with Crippen molar-refractivity contribution in [2.45, 2.75) is 13.0 Å². The molecule has 1 unspecified atom stereocenters. The second-order valence-electron chi connectivity index (χ2n) is 4.67. The van der Waals surface area contributed by atoms with Gasteiger partial charge in [0.15, 0.2) is 0 Å². The number of morpholine rings is 1. The molecule has 108 valence electrons. The molecule has 0 spiro atoms. The third kappa shape index (κ3) is 2.60. The Balaban J connectivity index is 2.30. The largest absolute Gasteiger partial charge is 0.507 e. The van der Waals surface area contributed by atoms with Gasteiger partial charge in [0.2, 0.25) is 5.91 Å². The molecule has 2 rings (SSSR count). The molecule has 6 heteroatoms. The van der Waals surface area contributed by atoms with E-state index < -0.39 is 6.04 Å². The van der Waals surface area contributed by atoms with Gasteiger partial charge in [-0.2, -0.15) is 0 Å². The Morgan fingerprint density at radius 2 is 2.20 bits per heavy atom. The van der Waals surface area contributed by atoms with Crippen LogP contribution in [0.3, 0.4) is 0 Å². The molecule has 0 radical (unpaired) electrons. The molecule has 0 bridgehead atoms. The Morgan fingerprint density at radius 3 is 2.90 bits per heavy atom. The van der Waals surface area contributed by atoms with Crippen molar-refractivity contribution in [2.75, 3.05) is 26.8 Å². The molecule has 1 aliphatic rings. The van der Waals surface area contributed by atoms with Crippen LogP contribution in [0, 0.1) is 6.92 Å². The molecule has 1 atom stereocenters. The van der Waals surface area contributed by atoms with Crippen molar-refractivity contribution in [1.29, 1.82) is 0 Å². The second kappa shape index (κ2) is 5.92. The van der Waals surface area contributed by atoms with E-state index in [0.29, 0.717) is 18.7 Å². The van der Waals surface area contributed by atoms with Crippen molar-refractivity contribution >= 4 is 11.8 Å². The number of hydrogen-bond acceptors (Lipinski definition) is 4. The van der Waals surface area contributed by atoms with E-state index in [2.05, 4.69) is 5.32 Å². The maximum Gasteiger partial charge on any atom is 0.258 e. The van der Waals surface area contributed by atoms with Gasteiger partial charge in [-0.25, -0.2) is 0 Å². The van der Waals surface area contributed by atoms with E-state index in [4.69, 9.17) is 4.74 Å². The highest BCUT2D eigenvalue weighted by Gasteiger charge is 2.33. The maximum atomic E-state index is 12.5. The van der Waals surface area contributed by atoms with Crippen molar-refractivity contribution < 1.29 is 19.4 Å². The zero-order valence-corrected chi connectivity index (χ0v) is 11.5. The number of amides is 2.